The summed E-state index contributed by atoms with van der Waals surface area (Å²) in [4.78, 5) is 23.4. The first-order valence-electron chi connectivity index (χ1n) is 6.05. The van der Waals surface area contributed by atoms with Crippen LogP contribution in [0.1, 0.15) is 10.4 Å². The molecule has 3 N–H and O–H groups in total. The zero-order chi connectivity index (χ0) is 15.4. The summed E-state index contributed by atoms with van der Waals surface area (Å²) in [6.07, 6.45) is 0. The number of carbonyl (C=O) groups excluding carboxylic acids is 1. The number of carboxylic acids is 1. The van der Waals surface area contributed by atoms with Gasteiger partial charge in [0.25, 0.3) is 0 Å². The SMILES string of the molecule is CNC(=O)Nc1sc(-c2ccc(OC)cc2)cc1C(=O)O. The molecule has 1 heterocycles. The first kappa shape index (κ1) is 14.9. The van der Waals surface area contributed by atoms with Gasteiger partial charge in [-0.25, -0.2) is 9.59 Å². The maximum absolute atomic E-state index is 11.4. The first-order chi connectivity index (χ1) is 10.0. The van der Waals surface area contributed by atoms with E-state index in [9.17, 15) is 14.7 Å². The predicted molar refractivity (Wildman–Crippen MR) is 81.3 cm³/mol. The molecule has 2 aromatic rings. The highest BCUT2D eigenvalue weighted by Crippen LogP contribution is 2.36. The van der Waals surface area contributed by atoms with E-state index in [1.165, 1.54) is 18.4 Å². The number of hydrogen-bond acceptors (Lipinski definition) is 4. The molecule has 0 saturated heterocycles. The highest BCUT2D eigenvalue weighted by atomic mass is 32.1. The quantitative estimate of drug-likeness (QED) is 0.810. The van der Waals surface area contributed by atoms with Gasteiger partial charge in [0, 0.05) is 11.9 Å². The van der Waals surface area contributed by atoms with Crippen LogP contribution in [0.3, 0.4) is 0 Å². The fourth-order valence-electron chi connectivity index (χ4n) is 1.71. The Morgan fingerprint density at radius 3 is 2.43 bits per heavy atom. The fourth-order valence-corrected chi connectivity index (χ4v) is 2.76. The molecule has 0 aliphatic carbocycles. The second kappa shape index (κ2) is 6.27. The number of ether oxygens (including phenoxy) is 1. The molecule has 110 valence electrons. The van der Waals surface area contributed by atoms with Gasteiger partial charge in [0.1, 0.15) is 10.8 Å². The van der Waals surface area contributed by atoms with E-state index in [0.717, 1.165) is 16.2 Å². The molecule has 0 bridgehead atoms. The lowest BCUT2D eigenvalue weighted by molar-refractivity contribution is 0.0698. The average molecular weight is 306 g/mol. The van der Waals surface area contributed by atoms with Crippen LogP contribution < -0.4 is 15.4 Å². The fraction of sp³-hybridized carbons (Fsp3) is 0.143. The van der Waals surface area contributed by atoms with Gasteiger partial charge in [-0.3, -0.25) is 5.32 Å². The molecule has 7 heteroatoms. The van der Waals surface area contributed by atoms with Crippen molar-refractivity contribution in [3.05, 3.63) is 35.9 Å². The minimum Gasteiger partial charge on any atom is -0.497 e. The van der Waals surface area contributed by atoms with Crippen molar-refractivity contribution in [3.8, 4) is 16.2 Å². The average Bonchev–Trinajstić information content (AvgIpc) is 2.91. The summed E-state index contributed by atoms with van der Waals surface area (Å²) >= 11 is 1.20. The van der Waals surface area contributed by atoms with E-state index in [2.05, 4.69) is 10.6 Å². The van der Waals surface area contributed by atoms with E-state index in [1.807, 2.05) is 12.1 Å². The minimum atomic E-state index is -1.09. The van der Waals surface area contributed by atoms with Gasteiger partial charge in [0.05, 0.1) is 12.7 Å². The molecular weight excluding hydrogens is 292 g/mol. The van der Waals surface area contributed by atoms with Crippen molar-refractivity contribution in [3.63, 3.8) is 0 Å². The van der Waals surface area contributed by atoms with Crippen LogP contribution in [0.15, 0.2) is 30.3 Å². The van der Waals surface area contributed by atoms with Crippen molar-refractivity contribution in [2.45, 2.75) is 0 Å². The summed E-state index contributed by atoms with van der Waals surface area (Å²) in [6.45, 7) is 0. The van der Waals surface area contributed by atoms with Crippen molar-refractivity contribution in [2.75, 3.05) is 19.5 Å². The van der Waals surface area contributed by atoms with Crippen LogP contribution >= 0.6 is 11.3 Å². The molecule has 0 spiro atoms. The van der Waals surface area contributed by atoms with Crippen molar-refractivity contribution in [2.24, 2.45) is 0 Å². The Kier molecular flexibility index (Phi) is 4.44. The molecule has 1 aromatic carbocycles. The molecule has 0 aliphatic heterocycles. The smallest absolute Gasteiger partial charge is 0.338 e. The van der Waals surface area contributed by atoms with Crippen molar-refractivity contribution in [1.82, 2.24) is 5.32 Å². The predicted octanol–water partition coefficient (Wildman–Crippen LogP) is 2.87. The van der Waals surface area contributed by atoms with Crippen LogP contribution in [-0.2, 0) is 0 Å². The molecule has 21 heavy (non-hydrogen) atoms. The third-order valence-corrected chi connectivity index (χ3v) is 3.89. The number of benzene rings is 1. The van der Waals surface area contributed by atoms with Gasteiger partial charge < -0.3 is 15.2 Å². The number of urea groups is 1. The normalized spacial score (nSPS) is 10.0. The Morgan fingerprint density at radius 2 is 1.90 bits per heavy atom. The van der Waals surface area contributed by atoms with Crippen LogP contribution in [0.5, 0.6) is 5.75 Å². The molecule has 0 radical (unpaired) electrons. The number of methoxy groups -OCH3 is 1. The van der Waals surface area contributed by atoms with Crippen LogP contribution in [0, 0.1) is 0 Å². The van der Waals surface area contributed by atoms with E-state index >= 15 is 0 Å². The number of thiophene rings is 1. The summed E-state index contributed by atoms with van der Waals surface area (Å²) in [6, 6.07) is 8.34. The van der Waals surface area contributed by atoms with Crippen molar-refractivity contribution in [1.29, 1.82) is 0 Å². The van der Waals surface area contributed by atoms with E-state index < -0.39 is 12.0 Å². The zero-order valence-electron chi connectivity index (χ0n) is 11.5. The van der Waals surface area contributed by atoms with Crippen LogP contribution in [-0.4, -0.2) is 31.3 Å². The number of amides is 2. The van der Waals surface area contributed by atoms with Gasteiger partial charge in [-0.15, -0.1) is 11.3 Å². The maximum atomic E-state index is 11.4. The summed E-state index contributed by atoms with van der Waals surface area (Å²) in [7, 11) is 3.04. The van der Waals surface area contributed by atoms with Crippen LogP contribution in [0.4, 0.5) is 9.80 Å². The molecule has 2 amide bonds. The van der Waals surface area contributed by atoms with E-state index in [-0.39, 0.29) is 5.56 Å². The number of rotatable bonds is 4. The van der Waals surface area contributed by atoms with Crippen LogP contribution in [0.2, 0.25) is 0 Å². The van der Waals surface area contributed by atoms with Gasteiger partial charge in [0.2, 0.25) is 0 Å². The highest BCUT2D eigenvalue weighted by Gasteiger charge is 2.17. The molecule has 0 fully saturated rings. The lowest BCUT2D eigenvalue weighted by atomic mass is 10.1. The maximum Gasteiger partial charge on any atom is 0.338 e. The van der Waals surface area contributed by atoms with E-state index in [4.69, 9.17) is 4.74 Å². The van der Waals surface area contributed by atoms with Gasteiger partial charge >= 0.3 is 12.0 Å². The largest absolute Gasteiger partial charge is 0.497 e. The number of carboxylic acid groups (broad SMARTS) is 1. The Balaban J connectivity index is 2.37. The molecule has 1 aromatic heterocycles. The third kappa shape index (κ3) is 3.32. The van der Waals surface area contributed by atoms with Gasteiger partial charge in [0.15, 0.2) is 0 Å². The Morgan fingerprint density at radius 1 is 1.24 bits per heavy atom. The van der Waals surface area contributed by atoms with E-state index in [1.54, 1.807) is 25.3 Å². The third-order valence-electron chi connectivity index (χ3n) is 2.79. The lowest BCUT2D eigenvalue weighted by Crippen LogP contribution is -2.24. The summed E-state index contributed by atoms with van der Waals surface area (Å²) < 4.78 is 5.08. The molecule has 2 rings (SSSR count). The molecule has 0 unspecified atom stereocenters. The highest BCUT2D eigenvalue weighted by molar-refractivity contribution is 7.20. The van der Waals surface area contributed by atoms with Crippen LogP contribution in [0.25, 0.3) is 10.4 Å². The summed E-state index contributed by atoms with van der Waals surface area (Å²) in [5.74, 6) is -0.366. The van der Waals surface area contributed by atoms with Gasteiger partial charge in [-0.2, -0.15) is 0 Å². The monoisotopic (exact) mass is 306 g/mol. The molecule has 6 nitrogen and oxygen atoms in total. The number of aromatic carboxylic acids is 1. The van der Waals surface area contributed by atoms with Gasteiger partial charge in [-0.1, -0.05) is 0 Å². The molecule has 0 atom stereocenters. The number of carbonyl (C=O) groups is 2. The lowest BCUT2D eigenvalue weighted by Gasteiger charge is -2.02. The minimum absolute atomic E-state index is 0.0643. The molecule has 0 aliphatic rings. The first-order valence-corrected chi connectivity index (χ1v) is 6.87. The molecular formula is C14H14N2O4S. The number of hydrogen-bond donors (Lipinski definition) is 3. The molecule has 0 saturated carbocycles. The van der Waals surface area contributed by atoms with Gasteiger partial charge in [-0.05, 0) is 35.9 Å². The topological polar surface area (TPSA) is 87.7 Å². The summed E-state index contributed by atoms with van der Waals surface area (Å²) in [5, 5.41) is 14.4. The zero-order valence-corrected chi connectivity index (χ0v) is 12.3. The second-order valence-corrected chi connectivity index (χ2v) is 5.14. The Hall–Kier alpha value is -2.54. The van der Waals surface area contributed by atoms with E-state index in [0.29, 0.717) is 5.00 Å². The van der Waals surface area contributed by atoms with Crippen molar-refractivity contribution < 1.29 is 19.4 Å². The summed E-state index contributed by atoms with van der Waals surface area (Å²) in [5.41, 5.74) is 0.919. The Bertz CT molecular complexity index is 664. The number of nitrogens with one attached hydrogen (secondary N) is 2. The van der Waals surface area contributed by atoms with Crippen molar-refractivity contribution >= 4 is 28.3 Å². The Labute approximate surface area is 125 Å². The second-order valence-electron chi connectivity index (χ2n) is 4.09. The number of anilines is 1. The standard InChI is InChI=1S/C14H14N2O4S/c1-15-14(19)16-12-10(13(17)18)7-11(21-12)8-3-5-9(20-2)6-4-8/h3-7H,1-2H3,(H,17,18)(H2,15,16,19).